The molecule has 28 heavy (non-hydrogen) atoms. The number of aromatic nitrogens is 2. The highest BCUT2D eigenvalue weighted by Crippen LogP contribution is 2.31. The summed E-state index contributed by atoms with van der Waals surface area (Å²) in [5, 5.41) is 4.54. The Balaban J connectivity index is 1.75. The molecule has 0 bridgehead atoms. The molecule has 0 aliphatic carbocycles. The van der Waals surface area contributed by atoms with Crippen LogP contribution in [0.3, 0.4) is 0 Å². The van der Waals surface area contributed by atoms with Crippen molar-refractivity contribution in [1.29, 1.82) is 0 Å². The zero-order valence-electron chi connectivity index (χ0n) is 16.0. The summed E-state index contributed by atoms with van der Waals surface area (Å²) in [7, 11) is 4.79. The number of halogens is 1. The van der Waals surface area contributed by atoms with Crippen molar-refractivity contribution in [2.45, 2.75) is 13.5 Å². The van der Waals surface area contributed by atoms with Crippen LogP contribution in [-0.2, 0) is 6.54 Å². The Morgan fingerprint density at radius 2 is 1.89 bits per heavy atom. The lowest BCUT2D eigenvalue weighted by molar-refractivity contribution is 0.0769. The summed E-state index contributed by atoms with van der Waals surface area (Å²) >= 11 is 6.11. The molecular weight excluding hydrogens is 382 g/mol. The quantitative estimate of drug-likeness (QED) is 0.621. The maximum atomic E-state index is 12.6. The molecule has 0 atom stereocenters. The second-order valence-electron chi connectivity index (χ2n) is 6.21. The number of rotatable bonds is 6. The van der Waals surface area contributed by atoms with Crippen LogP contribution in [0.25, 0.3) is 11.4 Å². The highest BCUT2D eigenvalue weighted by atomic mass is 35.5. The van der Waals surface area contributed by atoms with Crippen molar-refractivity contribution in [2.24, 2.45) is 0 Å². The largest absolute Gasteiger partial charge is 0.493 e. The molecule has 146 valence electrons. The zero-order chi connectivity index (χ0) is 20.3. The minimum Gasteiger partial charge on any atom is -0.493 e. The Morgan fingerprint density at radius 3 is 2.57 bits per heavy atom. The average molecular weight is 402 g/mol. The van der Waals surface area contributed by atoms with Crippen molar-refractivity contribution in [3.05, 3.63) is 58.4 Å². The van der Waals surface area contributed by atoms with E-state index in [-0.39, 0.29) is 12.5 Å². The number of hydrogen-bond donors (Lipinski definition) is 0. The first-order valence-corrected chi connectivity index (χ1v) is 8.87. The molecule has 0 saturated heterocycles. The molecule has 0 N–H and O–H groups in total. The second kappa shape index (κ2) is 8.31. The van der Waals surface area contributed by atoms with Gasteiger partial charge in [-0.2, -0.15) is 4.98 Å². The number of ether oxygens (including phenoxy) is 2. The van der Waals surface area contributed by atoms with E-state index in [9.17, 15) is 4.79 Å². The van der Waals surface area contributed by atoms with Gasteiger partial charge in [0.05, 0.1) is 20.8 Å². The van der Waals surface area contributed by atoms with E-state index in [0.717, 1.165) is 5.56 Å². The van der Waals surface area contributed by atoms with Crippen LogP contribution in [0.4, 0.5) is 0 Å². The van der Waals surface area contributed by atoms with Gasteiger partial charge in [-0.3, -0.25) is 4.79 Å². The van der Waals surface area contributed by atoms with Gasteiger partial charge in [0, 0.05) is 23.2 Å². The highest BCUT2D eigenvalue weighted by molar-refractivity contribution is 6.31. The summed E-state index contributed by atoms with van der Waals surface area (Å²) in [6.45, 7) is 2.05. The van der Waals surface area contributed by atoms with Gasteiger partial charge >= 0.3 is 0 Å². The number of nitrogens with zero attached hydrogens (tertiary/aromatic N) is 3. The lowest BCUT2D eigenvalue weighted by Crippen LogP contribution is -2.26. The third-order valence-electron chi connectivity index (χ3n) is 4.25. The lowest BCUT2D eigenvalue weighted by atomic mass is 10.1. The van der Waals surface area contributed by atoms with Crippen molar-refractivity contribution < 1.29 is 18.8 Å². The summed E-state index contributed by atoms with van der Waals surface area (Å²) in [5.41, 5.74) is 2.13. The first-order valence-electron chi connectivity index (χ1n) is 8.49. The van der Waals surface area contributed by atoms with Gasteiger partial charge in [0.25, 0.3) is 5.91 Å². The summed E-state index contributed by atoms with van der Waals surface area (Å²) in [5.74, 6) is 1.70. The van der Waals surface area contributed by atoms with Crippen LogP contribution in [0, 0.1) is 6.92 Å². The van der Waals surface area contributed by atoms with E-state index in [0.29, 0.717) is 39.4 Å². The lowest BCUT2D eigenvalue weighted by Gasteiger charge is -2.15. The second-order valence-corrected chi connectivity index (χ2v) is 6.61. The standard InChI is InChI=1S/C20H20ClN3O4/c1-12-5-6-14(9-15(12)21)20(25)24(2)11-18-22-19(23-28-18)13-7-8-16(26-3)17(10-13)27-4/h5-10H,11H2,1-4H3. The highest BCUT2D eigenvalue weighted by Gasteiger charge is 2.17. The molecule has 1 heterocycles. The van der Waals surface area contributed by atoms with Crippen molar-refractivity contribution in [2.75, 3.05) is 21.3 Å². The van der Waals surface area contributed by atoms with E-state index >= 15 is 0 Å². The Hall–Kier alpha value is -3.06. The van der Waals surface area contributed by atoms with Gasteiger partial charge in [-0.05, 0) is 42.8 Å². The predicted octanol–water partition coefficient (Wildman–Crippen LogP) is 3.99. The smallest absolute Gasteiger partial charge is 0.254 e. The molecule has 0 spiro atoms. The number of hydrogen-bond acceptors (Lipinski definition) is 6. The van der Waals surface area contributed by atoms with Crippen LogP contribution in [0.2, 0.25) is 5.02 Å². The average Bonchev–Trinajstić information content (AvgIpc) is 3.17. The van der Waals surface area contributed by atoms with E-state index in [1.165, 1.54) is 4.90 Å². The van der Waals surface area contributed by atoms with E-state index in [4.69, 9.17) is 25.6 Å². The van der Waals surface area contributed by atoms with Crippen LogP contribution < -0.4 is 9.47 Å². The monoisotopic (exact) mass is 401 g/mol. The van der Waals surface area contributed by atoms with Crippen LogP contribution in [0.15, 0.2) is 40.9 Å². The Morgan fingerprint density at radius 1 is 1.14 bits per heavy atom. The minimum atomic E-state index is -0.187. The molecule has 0 saturated carbocycles. The first-order chi connectivity index (χ1) is 13.4. The number of aryl methyl sites for hydroxylation is 1. The molecule has 0 aliphatic heterocycles. The molecule has 1 amide bonds. The summed E-state index contributed by atoms with van der Waals surface area (Å²) < 4.78 is 15.8. The van der Waals surface area contributed by atoms with Crippen molar-refractivity contribution in [3.8, 4) is 22.9 Å². The predicted molar refractivity (Wildman–Crippen MR) is 105 cm³/mol. The Kier molecular flexibility index (Phi) is 5.84. The van der Waals surface area contributed by atoms with Crippen molar-refractivity contribution >= 4 is 17.5 Å². The molecule has 3 aromatic rings. The van der Waals surface area contributed by atoms with Gasteiger partial charge in [0.1, 0.15) is 0 Å². The molecule has 7 nitrogen and oxygen atoms in total. The molecule has 3 rings (SSSR count). The van der Waals surface area contributed by atoms with Crippen LogP contribution in [0.5, 0.6) is 11.5 Å². The fourth-order valence-corrected chi connectivity index (χ4v) is 2.81. The summed E-state index contributed by atoms with van der Waals surface area (Å²) in [6.07, 6.45) is 0. The van der Waals surface area contributed by atoms with E-state index in [1.807, 2.05) is 13.0 Å². The van der Waals surface area contributed by atoms with E-state index in [2.05, 4.69) is 10.1 Å². The zero-order valence-corrected chi connectivity index (χ0v) is 16.8. The van der Waals surface area contributed by atoms with Crippen LogP contribution in [0.1, 0.15) is 21.8 Å². The third-order valence-corrected chi connectivity index (χ3v) is 4.65. The van der Waals surface area contributed by atoms with E-state index in [1.54, 1.807) is 51.6 Å². The van der Waals surface area contributed by atoms with Gasteiger partial charge in [-0.15, -0.1) is 0 Å². The van der Waals surface area contributed by atoms with Gasteiger partial charge in [0.2, 0.25) is 11.7 Å². The molecule has 1 aromatic heterocycles. The summed E-state index contributed by atoms with van der Waals surface area (Å²) in [6, 6.07) is 10.5. The topological polar surface area (TPSA) is 77.7 Å². The van der Waals surface area contributed by atoms with Crippen LogP contribution in [-0.4, -0.2) is 42.2 Å². The molecule has 2 aromatic carbocycles. The molecular formula is C20H20ClN3O4. The Labute approximate surface area is 167 Å². The fourth-order valence-electron chi connectivity index (χ4n) is 2.63. The number of methoxy groups -OCH3 is 2. The van der Waals surface area contributed by atoms with Gasteiger partial charge in [-0.1, -0.05) is 22.8 Å². The van der Waals surface area contributed by atoms with Gasteiger partial charge < -0.3 is 18.9 Å². The molecule has 0 fully saturated rings. The SMILES string of the molecule is COc1ccc(-c2noc(CN(C)C(=O)c3ccc(C)c(Cl)c3)n2)cc1OC. The molecule has 0 aliphatic rings. The van der Waals surface area contributed by atoms with Crippen molar-refractivity contribution in [1.82, 2.24) is 15.0 Å². The van der Waals surface area contributed by atoms with Gasteiger partial charge in [0.15, 0.2) is 11.5 Å². The van der Waals surface area contributed by atoms with Crippen LogP contribution >= 0.6 is 11.6 Å². The third kappa shape index (κ3) is 4.09. The minimum absolute atomic E-state index is 0.171. The Bertz CT molecular complexity index is 1000. The van der Waals surface area contributed by atoms with Gasteiger partial charge in [-0.25, -0.2) is 0 Å². The molecule has 0 unspecified atom stereocenters. The summed E-state index contributed by atoms with van der Waals surface area (Å²) in [4.78, 5) is 18.4. The molecule has 0 radical (unpaired) electrons. The normalized spacial score (nSPS) is 10.6. The first kappa shape index (κ1) is 19.7. The maximum Gasteiger partial charge on any atom is 0.254 e. The van der Waals surface area contributed by atoms with E-state index < -0.39 is 0 Å². The fraction of sp³-hybridized carbons (Fsp3) is 0.250. The number of amides is 1. The van der Waals surface area contributed by atoms with Crippen molar-refractivity contribution in [3.63, 3.8) is 0 Å². The number of carbonyl (C=O) groups excluding carboxylic acids is 1. The maximum absolute atomic E-state index is 12.6. The number of benzene rings is 2. The number of carbonyl (C=O) groups is 1. The molecule has 8 heteroatoms.